The first-order valence-corrected chi connectivity index (χ1v) is 6.56. The van der Waals surface area contributed by atoms with Gasteiger partial charge >= 0.3 is 0 Å². The summed E-state index contributed by atoms with van der Waals surface area (Å²) in [4.78, 5) is 18.2. The molecule has 5 heteroatoms. The van der Waals surface area contributed by atoms with Gasteiger partial charge in [0.1, 0.15) is 0 Å². The Labute approximate surface area is 106 Å². The summed E-state index contributed by atoms with van der Waals surface area (Å²) in [6.07, 6.45) is 0. The Hall–Kier alpha value is -1.07. The number of rotatable bonds is 6. The Balaban J connectivity index is 2.44. The Morgan fingerprint density at radius 3 is 2.94 bits per heavy atom. The normalized spacial score (nSPS) is 10.8. The molecule has 0 saturated carbocycles. The van der Waals surface area contributed by atoms with E-state index < -0.39 is 0 Å². The SMILES string of the molecule is C=C(CNC(C)C)CSc1nc(C)cc(=O)[nH]1. The number of aromatic amines is 1. The molecule has 0 amide bonds. The second-order valence-corrected chi connectivity index (χ2v) is 5.23. The molecule has 0 aliphatic carbocycles. The lowest BCUT2D eigenvalue weighted by atomic mass is 10.3. The lowest BCUT2D eigenvalue weighted by molar-refractivity contribution is 0.623. The standard InChI is InChI=1S/C12H19N3OS/c1-8(2)13-6-9(3)7-17-12-14-10(4)5-11(16)15-12/h5,8,13H,3,6-7H2,1-2,4H3,(H,14,15,16). The molecule has 1 aromatic rings. The largest absolute Gasteiger partial charge is 0.311 e. The highest BCUT2D eigenvalue weighted by Crippen LogP contribution is 2.14. The van der Waals surface area contributed by atoms with E-state index >= 15 is 0 Å². The number of hydrogen-bond acceptors (Lipinski definition) is 4. The van der Waals surface area contributed by atoms with Crippen molar-refractivity contribution in [3.8, 4) is 0 Å². The lowest BCUT2D eigenvalue weighted by Gasteiger charge is -2.09. The molecule has 2 N–H and O–H groups in total. The maximum atomic E-state index is 11.2. The summed E-state index contributed by atoms with van der Waals surface area (Å²) in [6.45, 7) is 10.8. The molecule has 0 unspecified atom stereocenters. The summed E-state index contributed by atoms with van der Waals surface area (Å²) >= 11 is 1.50. The van der Waals surface area contributed by atoms with Gasteiger partial charge in [-0.3, -0.25) is 4.79 Å². The Kier molecular flexibility index (Phi) is 5.44. The van der Waals surface area contributed by atoms with Gasteiger partial charge in [-0.1, -0.05) is 37.8 Å². The molecular weight excluding hydrogens is 234 g/mol. The third-order valence-corrected chi connectivity index (χ3v) is 3.04. The predicted molar refractivity (Wildman–Crippen MR) is 72.6 cm³/mol. The number of H-pyrrole nitrogens is 1. The Morgan fingerprint density at radius 2 is 2.35 bits per heavy atom. The zero-order valence-corrected chi connectivity index (χ0v) is 11.4. The zero-order valence-electron chi connectivity index (χ0n) is 10.5. The fraction of sp³-hybridized carbons (Fsp3) is 0.500. The number of aryl methyl sites for hydroxylation is 1. The molecule has 1 aromatic heterocycles. The summed E-state index contributed by atoms with van der Waals surface area (Å²) in [5.74, 6) is 0.756. The van der Waals surface area contributed by atoms with E-state index in [1.807, 2.05) is 6.92 Å². The second-order valence-electron chi connectivity index (χ2n) is 4.27. The van der Waals surface area contributed by atoms with Crippen molar-refractivity contribution in [2.24, 2.45) is 0 Å². The molecule has 0 aliphatic rings. The van der Waals surface area contributed by atoms with Crippen molar-refractivity contribution < 1.29 is 0 Å². The minimum Gasteiger partial charge on any atom is -0.311 e. The second kappa shape index (κ2) is 6.61. The molecule has 0 saturated heterocycles. The van der Waals surface area contributed by atoms with Gasteiger partial charge in [0.2, 0.25) is 0 Å². The fourth-order valence-electron chi connectivity index (χ4n) is 1.19. The van der Waals surface area contributed by atoms with Gasteiger partial charge in [0, 0.05) is 30.1 Å². The van der Waals surface area contributed by atoms with E-state index in [4.69, 9.17) is 0 Å². The van der Waals surface area contributed by atoms with Crippen LogP contribution in [-0.4, -0.2) is 28.3 Å². The number of thioether (sulfide) groups is 1. The molecule has 0 atom stereocenters. The van der Waals surface area contributed by atoms with Crippen molar-refractivity contribution in [3.63, 3.8) is 0 Å². The van der Waals surface area contributed by atoms with E-state index in [1.165, 1.54) is 17.8 Å². The van der Waals surface area contributed by atoms with Gasteiger partial charge in [0.05, 0.1) is 0 Å². The van der Waals surface area contributed by atoms with Crippen molar-refractivity contribution in [2.45, 2.75) is 32.0 Å². The maximum Gasteiger partial charge on any atom is 0.251 e. The van der Waals surface area contributed by atoms with E-state index in [2.05, 4.69) is 35.7 Å². The monoisotopic (exact) mass is 253 g/mol. The van der Waals surface area contributed by atoms with Crippen LogP contribution in [0.5, 0.6) is 0 Å². The van der Waals surface area contributed by atoms with Crippen LogP contribution in [0.25, 0.3) is 0 Å². The minimum absolute atomic E-state index is 0.106. The minimum atomic E-state index is -0.106. The van der Waals surface area contributed by atoms with E-state index in [0.29, 0.717) is 11.2 Å². The summed E-state index contributed by atoms with van der Waals surface area (Å²) in [6, 6.07) is 1.94. The van der Waals surface area contributed by atoms with Crippen LogP contribution in [0.4, 0.5) is 0 Å². The molecule has 0 aliphatic heterocycles. The van der Waals surface area contributed by atoms with Crippen LogP contribution in [0, 0.1) is 6.92 Å². The van der Waals surface area contributed by atoms with Crippen LogP contribution in [-0.2, 0) is 0 Å². The summed E-state index contributed by atoms with van der Waals surface area (Å²) in [5, 5.41) is 3.95. The quantitative estimate of drug-likeness (QED) is 0.460. The van der Waals surface area contributed by atoms with Crippen LogP contribution in [0.1, 0.15) is 19.5 Å². The highest BCUT2D eigenvalue weighted by molar-refractivity contribution is 7.99. The van der Waals surface area contributed by atoms with Crippen LogP contribution in [0.2, 0.25) is 0 Å². The molecule has 0 bridgehead atoms. The summed E-state index contributed by atoms with van der Waals surface area (Å²) in [5.41, 5.74) is 1.72. The van der Waals surface area contributed by atoms with Crippen LogP contribution < -0.4 is 10.9 Å². The smallest absolute Gasteiger partial charge is 0.251 e. The molecule has 0 fully saturated rings. The van der Waals surface area contributed by atoms with Gasteiger partial charge in [0.25, 0.3) is 5.56 Å². The van der Waals surface area contributed by atoms with Gasteiger partial charge in [-0.2, -0.15) is 0 Å². The Morgan fingerprint density at radius 1 is 1.65 bits per heavy atom. The zero-order chi connectivity index (χ0) is 12.8. The average Bonchev–Trinajstić information content (AvgIpc) is 2.22. The number of nitrogens with zero attached hydrogens (tertiary/aromatic N) is 1. The van der Waals surface area contributed by atoms with E-state index in [0.717, 1.165) is 23.6 Å². The first-order valence-electron chi connectivity index (χ1n) is 5.58. The first-order chi connectivity index (χ1) is 7.97. The number of nitrogens with one attached hydrogen (secondary N) is 2. The molecule has 0 aromatic carbocycles. The van der Waals surface area contributed by atoms with Crippen molar-refractivity contribution >= 4 is 11.8 Å². The van der Waals surface area contributed by atoms with Gasteiger partial charge in [-0.05, 0) is 6.92 Å². The molecule has 4 nitrogen and oxygen atoms in total. The lowest BCUT2D eigenvalue weighted by Crippen LogP contribution is -2.25. The molecule has 0 radical (unpaired) electrons. The summed E-state index contributed by atoms with van der Waals surface area (Å²) < 4.78 is 0. The van der Waals surface area contributed by atoms with Crippen molar-refractivity contribution in [3.05, 3.63) is 34.3 Å². The van der Waals surface area contributed by atoms with E-state index in [1.54, 1.807) is 0 Å². The summed E-state index contributed by atoms with van der Waals surface area (Å²) in [7, 11) is 0. The number of hydrogen-bond donors (Lipinski definition) is 2. The molecule has 1 heterocycles. The van der Waals surface area contributed by atoms with Gasteiger partial charge < -0.3 is 10.3 Å². The maximum absolute atomic E-state index is 11.2. The van der Waals surface area contributed by atoms with E-state index in [-0.39, 0.29) is 5.56 Å². The number of aromatic nitrogens is 2. The third-order valence-electron chi connectivity index (χ3n) is 2.02. The molecular formula is C12H19N3OS. The van der Waals surface area contributed by atoms with Crippen molar-refractivity contribution in [1.82, 2.24) is 15.3 Å². The van der Waals surface area contributed by atoms with Crippen molar-refractivity contribution in [1.29, 1.82) is 0 Å². The topological polar surface area (TPSA) is 57.8 Å². The molecule has 0 spiro atoms. The van der Waals surface area contributed by atoms with Crippen LogP contribution >= 0.6 is 11.8 Å². The predicted octanol–water partition coefficient (Wildman–Crippen LogP) is 1.72. The average molecular weight is 253 g/mol. The highest BCUT2D eigenvalue weighted by atomic mass is 32.2. The van der Waals surface area contributed by atoms with Crippen LogP contribution in [0.3, 0.4) is 0 Å². The van der Waals surface area contributed by atoms with Crippen molar-refractivity contribution in [2.75, 3.05) is 12.3 Å². The van der Waals surface area contributed by atoms with Crippen LogP contribution in [0.15, 0.2) is 28.2 Å². The van der Waals surface area contributed by atoms with Gasteiger partial charge in [-0.15, -0.1) is 0 Å². The van der Waals surface area contributed by atoms with Gasteiger partial charge in [-0.25, -0.2) is 4.98 Å². The first kappa shape index (κ1) is 14.0. The highest BCUT2D eigenvalue weighted by Gasteiger charge is 2.02. The van der Waals surface area contributed by atoms with Gasteiger partial charge in [0.15, 0.2) is 5.16 Å². The van der Waals surface area contributed by atoms with E-state index in [9.17, 15) is 4.79 Å². The fourth-order valence-corrected chi connectivity index (χ4v) is 2.01. The molecule has 94 valence electrons. The molecule has 1 rings (SSSR count). The Bertz CT molecular complexity index is 440. The third kappa shape index (κ3) is 5.70. The molecule has 17 heavy (non-hydrogen) atoms.